The molecule has 0 spiro atoms. The van der Waals surface area contributed by atoms with Gasteiger partial charge in [-0.05, 0) is 53.1 Å². The fourth-order valence-corrected chi connectivity index (χ4v) is 3.58. The molecule has 0 saturated heterocycles. The molecule has 29 heavy (non-hydrogen) atoms. The van der Waals surface area contributed by atoms with E-state index in [0.717, 1.165) is 5.56 Å². The molecule has 1 aliphatic heterocycles. The third-order valence-electron chi connectivity index (χ3n) is 5.17. The van der Waals surface area contributed by atoms with Crippen molar-refractivity contribution < 1.29 is 9.13 Å². The van der Waals surface area contributed by atoms with Crippen molar-refractivity contribution in [3.63, 3.8) is 0 Å². The molecule has 0 saturated carbocycles. The second kappa shape index (κ2) is 7.01. The zero-order valence-corrected chi connectivity index (χ0v) is 16.1. The number of aromatic nitrogens is 1. The lowest BCUT2D eigenvalue weighted by atomic mass is 9.82. The normalized spacial score (nSPS) is 18.7. The molecule has 0 amide bonds. The second-order valence-electron chi connectivity index (χ2n) is 6.75. The topological polar surface area (TPSA) is 87.6 Å². The van der Waals surface area contributed by atoms with Crippen LogP contribution in [0.5, 0.6) is 5.75 Å². The van der Waals surface area contributed by atoms with Crippen LogP contribution in [0.4, 0.5) is 4.39 Å². The zero-order chi connectivity index (χ0) is 20.6. The number of likely N-dealkylation sites (N-methyl/N-ethyl adjacent to an activating group) is 1. The van der Waals surface area contributed by atoms with Crippen molar-refractivity contribution in [1.29, 1.82) is 5.41 Å². The van der Waals surface area contributed by atoms with Crippen LogP contribution < -0.4 is 10.5 Å². The smallest absolute Gasteiger partial charge is 0.198 e. The number of methoxy groups -OCH3 is 1. The summed E-state index contributed by atoms with van der Waals surface area (Å²) in [4.78, 5) is 10.3. The fraction of sp³-hybridized carbons (Fsp3) is 0.136. The molecule has 4 rings (SSSR count). The number of rotatable bonds is 4. The van der Waals surface area contributed by atoms with E-state index in [-0.39, 0.29) is 17.6 Å². The standard InChI is InChI=1S/C22H20FN5O/c1-28-20(24)22(27-21(28)25,15-8-10-26-11-9-15)16-5-3-4-14(12-16)18-13-17(29-2)6-7-19(18)23/h3-13,24H,1-2H3,(H2,25,27). The minimum Gasteiger partial charge on any atom is -0.497 e. The highest BCUT2D eigenvalue weighted by Gasteiger charge is 2.46. The maximum Gasteiger partial charge on any atom is 0.198 e. The molecule has 1 atom stereocenters. The van der Waals surface area contributed by atoms with Gasteiger partial charge in [-0.15, -0.1) is 0 Å². The van der Waals surface area contributed by atoms with Crippen LogP contribution in [0.2, 0.25) is 0 Å². The highest BCUT2D eigenvalue weighted by Crippen LogP contribution is 2.40. The Labute approximate surface area is 168 Å². The predicted octanol–water partition coefficient (Wildman–Crippen LogP) is 3.38. The van der Waals surface area contributed by atoms with E-state index >= 15 is 0 Å². The summed E-state index contributed by atoms with van der Waals surface area (Å²) in [5.74, 6) is 0.656. The van der Waals surface area contributed by atoms with Crippen LogP contribution in [0.25, 0.3) is 11.1 Å². The molecule has 1 aliphatic rings. The monoisotopic (exact) mass is 389 g/mol. The summed E-state index contributed by atoms with van der Waals surface area (Å²) in [7, 11) is 3.24. The van der Waals surface area contributed by atoms with Gasteiger partial charge in [0.15, 0.2) is 11.5 Å². The number of benzene rings is 2. The molecule has 2 heterocycles. The number of hydrogen-bond acceptors (Lipinski definition) is 5. The first-order chi connectivity index (χ1) is 14.0. The summed E-state index contributed by atoms with van der Waals surface area (Å²) in [5.41, 5.74) is 7.47. The fourth-order valence-electron chi connectivity index (χ4n) is 3.58. The summed E-state index contributed by atoms with van der Waals surface area (Å²) < 4.78 is 19.8. The summed E-state index contributed by atoms with van der Waals surface area (Å²) in [6.07, 6.45) is 3.31. The quantitative estimate of drug-likeness (QED) is 0.716. The summed E-state index contributed by atoms with van der Waals surface area (Å²) >= 11 is 0. The number of nitrogens with zero attached hydrogens (tertiary/aromatic N) is 3. The molecule has 0 bridgehead atoms. The van der Waals surface area contributed by atoms with Crippen LogP contribution in [-0.2, 0) is 5.54 Å². The maximum absolute atomic E-state index is 14.6. The van der Waals surface area contributed by atoms with E-state index < -0.39 is 5.54 Å². The summed E-state index contributed by atoms with van der Waals surface area (Å²) in [6.45, 7) is 0. The minimum absolute atomic E-state index is 0.212. The SMILES string of the molecule is COc1ccc(F)c(-c2cccc(C3(c4ccncc4)N=C(N)N(C)C3=N)c2)c1. The number of guanidine groups is 1. The number of aliphatic imine (C=N–C) groups is 1. The Balaban J connectivity index is 1.93. The number of nitrogens with one attached hydrogen (secondary N) is 1. The van der Waals surface area contributed by atoms with Crippen LogP contribution >= 0.6 is 0 Å². The van der Waals surface area contributed by atoms with Gasteiger partial charge in [0.05, 0.1) is 7.11 Å². The lowest BCUT2D eigenvalue weighted by Gasteiger charge is -2.28. The van der Waals surface area contributed by atoms with Gasteiger partial charge in [0.25, 0.3) is 0 Å². The van der Waals surface area contributed by atoms with Gasteiger partial charge in [0.2, 0.25) is 0 Å². The molecule has 146 valence electrons. The van der Waals surface area contributed by atoms with Crippen LogP contribution in [-0.4, -0.2) is 35.8 Å². The van der Waals surface area contributed by atoms with Crippen molar-refractivity contribution in [3.8, 4) is 16.9 Å². The van der Waals surface area contributed by atoms with Gasteiger partial charge in [0.1, 0.15) is 17.4 Å². The van der Waals surface area contributed by atoms with Crippen molar-refractivity contribution in [2.75, 3.05) is 14.2 Å². The average Bonchev–Trinajstić information content (AvgIpc) is 2.99. The Hall–Kier alpha value is -3.74. The highest BCUT2D eigenvalue weighted by molar-refractivity contribution is 6.10. The van der Waals surface area contributed by atoms with Gasteiger partial charge < -0.3 is 15.4 Å². The first kappa shape index (κ1) is 18.6. The molecule has 0 aliphatic carbocycles. The van der Waals surface area contributed by atoms with Gasteiger partial charge in [-0.3, -0.25) is 10.4 Å². The van der Waals surface area contributed by atoms with Crippen molar-refractivity contribution in [2.24, 2.45) is 10.7 Å². The van der Waals surface area contributed by atoms with E-state index in [2.05, 4.69) is 9.98 Å². The third kappa shape index (κ3) is 2.91. The molecule has 0 fully saturated rings. The van der Waals surface area contributed by atoms with Crippen molar-refractivity contribution in [3.05, 3.63) is 83.9 Å². The second-order valence-corrected chi connectivity index (χ2v) is 6.75. The number of nitrogens with two attached hydrogens (primary N) is 1. The Morgan fingerprint density at radius 2 is 1.83 bits per heavy atom. The van der Waals surface area contributed by atoms with E-state index in [4.69, 9.17) is 15.9 Å². The number of ether oxygens (including phenoxy) is 1. The van der Waals surface area contributed by atoms with Crippen LogP contribution in [0.3, 0.4) is 0 Å². The molecule has 1 aromatic heterocycles. The van der Waals surface area contributed by atoms with Crippen LogP contribution in [0.1, 0.15) is 11.1 Å². The van der Waals surface area contributed by atoms with E-state index in [1.165, 1.54) is 6.07 Å². The summed E-state index contributed by atoms with van der Waals surface area (Å²) in [5, 5.41) is 8.76. The molecule has 3 aromatic rings. The molecule has 2 aromatic carbocycles. The predicted molar refractivity (Wildman–Crippen MR) is 111 cm³/mol. The largest absolute Gasteiger partial charge is 0.497 e. The Bertz CT molecular complexity index is 1120. The number of pyridine rings is 1. The third-order valence-corrected chi connectivity index (χ3v) is 5.17. The van der Waals surface area contributed by atoms with Gasteiger partial charge in [0, 0.05) is 25.0 Å². The first-order valence-corrected chi connectivity index (χ1v) is 9.00. The highest BCUT2D eigenvalue weighted by atomic mass is 19.1. The lowest BCUT2D eigenvalue weighted by Crippen LogP contribution is -2.40. The molecule has 1 unspecified atom stereocenters. The van der Waals surface area contributed by atoms with E-state index in [1.807, 2.05) is 36.4 Å². The van der Waals surface area contributed by atoms with Crippen LogP contribution in [0, 0.1) is 11.2 Å². The zero-order valence-electron chi connectivity index (χ0n) is 16.1. The number of halogens is 1. The van der Waals surface area contributed by atoms with Gasteiger partial charge in [-0.2, -0.15) is 0 Å². The summed E-state index contributed by atoms with van der Waals surface area (Å²) in [6, 6.07) is 15.6. The number of amidine groups is 1. The number of hydrogen-bond donors (Lipinski definition) is 2. The van der Waals surface area contributed by atoms with Gasteiger partial charge in [-0.1, -0.05) is 18.2 Å². The maximum atomic E-state index is 14.6. The van der Waals surface area contributed by atoms with E-state index in [9.17, 15) is 4.39 Å². The molecular formula is C22H20FN5O. The Kier molecular flexibility index (Phi) is 4.50. The van der Waals surface area contributed by atoms with Crippen LogP contribution in [0.15, 0.2) is 72.0 Å². The van der Waals surface area contributed by atoms with Gasteiger partial charge in [-0.25, -0.2) is 9.38 Å². The van der Waals surface area contributed by atoms with Crippen molar-refractivity contribution in [1.82, 2.24) is 9.88 Å². The lowest BCUT2D eigenvalue weighted by molar-refractivity contribution is 0.414. The van der Waals surface area contributed by atoms with Gasteiger partial charge >= 0.3 is 0 Å². The molecule has 0 radical (unpaired) electrons. The van der Waals surface area contributed by atoms with E-state index in [1.54, 1.807) is 43.6 Å². The Morgan fingerprint density at radius 3 is 2.48 bits per heavy atom. The first-order valence-electron chi connectivity index (χ1n) is 9.00. The molecule has 3 N–H and O–H groups in total. The van der Waals surface area contributed by atoms with Crippen molar-refractivity contribution >= 4 is 11.8 Å². The Morgan fingerprint density at radius 1 is 1.07 bits per heavy atom. The minimum atomic E-state index is -1.13. The average molecular weight is 389 g/mol. The van der Waals surface area contributed by atoms with E-state index in [0.29, 0.717) is 22.4 Å². The molecule has 7 heteroatoms. The molecule has 6 nitrogen and oxygen atoms in total. The van der Waals surface area contributed by atoms with Crippen molar-refractivity contribution in [2.45, 2.75) is 5.54 Å². The molecular weight excluding hydrogens is 369 g/mol.